The topological polar surface area (TPSA) is 96.7 Å². The van der Waals surface area contributed by atoms with Crippen LogP contribution in [0.1, 0.15) is 50.7 Å². The minimum absolute atomic E-state index is 0.0829. The molecule has 1 amide bonds. The van der Waals surface area contributed by atoms with Crippen molar-refractivity contribution < 1.29 is 9.53 Å². The summed E-state index contributed by atoms with van der Waals surface area (Å²) in [5, 5.41) is 7.66. The summed E-state index contributed by atoms with van der Waals surface area (Å²) in [6, 6.07) is 10.0. The molecule has 35 heavy (non-hydrogen) atoms. The predicted octanol–water partition coefficient (Wildman–Crippen LogP) is 3.78. The van der Waals surface area contributed by atoms with Crippen molar-refractivity contribution in [2.24, 2.45) is 18.1 Å². The summed E-state index contributed by atoms with van der Waals surface area (Å²) in [6.45, 7) is 12.6. The number of carbonyl (C=O) groups excluding carboxylic acids is 1. The third-order valence-electron chi connectivity index (χ3n) is 6.27. The van der Waals surface area contributed by atoms with Crippen molar-refractivity contribution in [3.8, 4) is 0 Å². The number of aromatic nitrogens is 3. The Kier molecular flexibility index (Phi) is 7.35. The molecule has 2 aromatic heterocycles. The molecule has 0 aliphatic carbocycles. The molecule has 0 radical (unpaired) electrons. The van der Waals surface area contributed by atoms with E-state index >= 15 is 0 Å². The number of carbonyl (C=O) groups is 1. The first-order valence-corrected chi connectivity index (χ1v) is 12.1. The molecular formula is C26H35N7O2. The van der Waals surface area contributed by atoms with E-state index in [1.807, 2.05) is 36.7 Å². The van der Waals surface area contributed by atoms with Crippen LogP contribution in [0.5, 0.6) is 0 Å². The highest BCUT2D eigenvalue weighted by molar-refractivity contribution is 5.99. The van der Waals surface area contributed by atoms with Crippen molar-refractivity contribution in [2.75, 3.05) is 36.6 Å². The van der Waals surface area contributed by atoms with Gasteiger partial charge in [-0.2, -0.15) is 5.10 Å². The highest BCUT2D eigenvalue weighted by atomic mass is 16.5. The molecule has 1 aliphatic rings. The van der Waals surface area contributed by atoms with Gasteiger partial charge in [0.05, 0.1) is 30.7 Å². The Balaban J connectivity index is 1.78. The van der Waals surface area contributed by atoms with Crippen LogP contribution in [0.3, 0.4) is 0 Å². The van der Waals surface area contributed by atoms with Crippen LogP contribution >= 0.6 is 0 Å². The second-order valence-corrected chi connectivity index (χ2v) is 9.43. The number of pyridine rings is 1. The molecule has 0 spiro atoms. The average molecular weight is 478 g/mol. The Morgan fingerprint density at radius 1 is 1.14 bits per heavy atom. The van der Waals surface area contributed by atoms with Crippen molar-refractivity contribution in [1.29, 1.82) is 0 Å². The number of fused-ring (bicyclic) bond motifs is 1. The summed E-state index contributed by atoms with van der Waals surface area (Å²) >= 11 is 0. The molecule has 1 fully saturated rings. The van der Waals surface area contributed by atoms with Gasteiger partial charge < -0.3 is 19.5 Å². The SMILES string of the molecule is CC(=O)N[C@H](c1nc2c(N3CCOCC3)cc(N/N=C(\C)c3cccc(C)c3)nc2n1C)C(C)C. The maximum atomic E-state index is 11.9. The first kappa shape index (κ1) is 24.7. The standard InChI is InChI=1S/C26H35N7O2/c1-16(2)23(27-19(5)34)25-29-24-21(33-10-12-35-13-11-33)15-22(28-26(24)32(25)6)31-30-18(4)20-9-7-8-17(3)14-20/h7-9,14-16,23H,10-13H2,1-6H3,(H,27,34)(H,28,31)/b30-18+/t23-/m0/s1. The molecule has 1 atom stereocenters. The van der Waals surface area contributed by atoms with Crippen LogP contribution in [-0.2, 0) is 16.6 Å². The lowest BCUT2D eigenvalue weighted by atomic mass is 10.0. The van der Waals surface area contributed by atoms with Crippen molar-refractivity contribution in [3.63, 3.8) is 0 Å². The maximum Gasteiger partial charge on any atom is 0.217 e. The fourth-order valence-corrected chi connectivity index (χ4v) is 4.36. The van der Waals surface area contributed by atoms with Gasteiger partial charge in [0.2, 0.25) is 5.91 Å². The van der Waals surface area contributed by atoms with Gasteiger partial charge in [-0.1, -0.05) is 43.7 Å². The third kappa shape index (κ3) is 5.45. The second kappa shape index (κ2) is 10.4. The summed E-state index contributed by atoms with van der Waals surface area (Å²) in [7, 11) is 1.95. The summed E-state index contributed by atoms with van der Waals surface area (Å²) < 4.78 is 7.55. The molecule has 1 aliphatic heterocycles. The number of ether oxygens (including phenoxy) is 1. The number of benzene rings is 1. The molecular weight excluding hydrogens is 442 g/mol. The molecule has 0 bridgehead atoms. The number of aryl methyl sites for hydroxylation is 2. The molecule has 0 saturated carbocycles. The van der Waals surface area contributed by atoms with Gasteiger partial charge in [0.25, 0.3) is 0 Å². The number of rotatable bonds is 7. The first-order valence-electron chi connectivity index (χ1n) is 12.1. The Bertz CT molecular complexity index is 1240. The number of amides is 1. The fourth-order valence-electron chi connectivity index (χ4n) is 4.36. The van der Waals surface area contributed by atoms with Gasteiger partial charge in [-0.3, -0.25) is 10.2 Å². The number of nitrogens with zero attached hydrogens (tertiary/aromatic N) is 5. The maximum absolute atomic E-state index is 11.9. The lowest BCUT2D eigenvalue weighted by molar-refractivity contribution is -0.120. The minimum Gasteiger partial charge on any atom is -0.378 e. The largest absolute Gasteiger partial charge is 0.378 e. The number of hydrogen-bond donors (Lipinski definition) is 2. The van der Waals surface area contributed by atoms with Crippen LogP contribution in [0.2, 0.25) is 0 Å². The molecule has 1 saturated heterocycles. The number of hydrogen-bond acceptors (Lipinski definition) is 7. The van der Waals surface area contributed by atoms with Crippen LogP contribution in [0.25, 0.3) is 11.2 Å². The van der Waals surface area contributed by atoms with Crippen molar-refractivity contribution in [2.45, 2.75) is 40.7 Å². The van der Waals surface area contributed by atoms with Crippen LogP contribution in [0.15, 0.2) is 35.4 Å². The molecule has 4 rings (SSSR count). The quantitative estimate of drug-likeness (QED) is 0.397. The van der Waals surface area contributed by atoms with E-state index in [1.54, 1.807) is 0 Å². The Hall–Kier alpha value is -3.46. The van der Waals surface area contributed by atoms with E-state index in [0.717, 1.165) is 47.0 Å². The number of hydrazone groups is 1. The monoisotopic (exact) mass is 477 g/mol. The Morgan fingerprint density at radius 3 is 2.54 bits per heavy atom. The highest BCUT2D eigenvalue weighted by Gasteiger charge is 2.26. The van der Waals surface area contributed by atoms with Gasteiger partial charge in [0.15, 0.2) is 11.5 Å². The van der Waals surface area contributed by atoms with E-state index in [4.69, 9.17) is 14.7 Å². The fraction of sp³-hybridized carbons (Fsp3) is 0.462. The van der Waals surface area contributed by atoms with E-state index in [0.29, 0.717) is 19.0 Å². The molecule has 9 heteroatoms. The van der Waals surface area contributed by atoms with E-state index in [2.05, 4.69) is 53.6 Å². The number of imidazole rings is 1. The summed E-state index contributed by atoms with van der Waals surface area (Å²) in [4.78, 5) is 24.0. The Labute approximate surface area is 206 Å². The van der Waals surface area contributed by atoms with Crippen molar-refractivity contribution in [3.05, 3.63) is 47.3 Å². The van der Waals surface area contributed by atoms with E-state index in [9.17, 15) is 4.79 Å². The molecule has 1 aromatic carbocycles. The summed E-state index contributed by atoms with van der Waals surface area (Å²) in [5.74, 6) is 1.51. The number of nitrogens with one attached hydrogen (secondary N) is 2. The van der Waals surface area contributed by atoms with E-state index in [-0.39, 0.29) is 17.9 Å². The van der Waals surface area contributed by atoms with Crippen LogP contribution in [0.4, 0.5) is 11.5 Å². The molecule has 3 heterocycles. The number of morpholine rings is 1. The van der Waals surface area contributed by atoms with Gasteiger partial charge in [-0.25, -0.2) is 9.97 Å². The zero-order valence-corrected chi connectivity index (χ0v) is 21.4. The van der Waals surface area contributed by atoms with E-state index in [1.165, 1.54) is 12.5 Å². The van der Waals surface area contributed by atoms with E-state index < -0.39 is 0 Å². The lowest BCUT2D eigenvalue weighted by Crippen LogP contribution is -2.36. The average Bonchev–Trinajstić information content (AvgIpc) is 3.16. The third-order valence-corrected chi connectivity index (χ3v) is 6.27. The van der Waals surface area contributed by atoms with Gasteiger partial charge in [-0.05, 0) is 25.3 Å². The molecule has 0 unspecified atom stereocenters. The zero-order chi connectivity index (χ0) is 25.1. The predicted molar refractivity (Wildman–Crippen MR) is 140 cm³/mol. The van der Waals surface area contributed by atoms with Gasteiger partial charge >= 0.3 is 0 Å². The molecule has 186 valence electrons. The summed E-state index contributed by atoms with van der Waals surface area (Å²) in [6.07, 6.45) is 0. The number of anilines is 2. The lowest BCUT2D eigenvalue weighted by Gasteiger charge is -2.29. The van der Waals surface area contributed by atoms with Crippen LogP contribution < -0.4 is 15.6 Å². The Morgan fingerprint density at radius 2 is 1.89 bits per heavy atom. The molecule has 3 aromatic rings. The normalized spacial score (nSPS) is 15.5. The minimum atomic E-state index is -0.220. The van der Waals surface area contributed by atoms with Crippen molar-refractivity contribution >= 4 is 34.3 Å². The zero-order valence-electron chi connectivity index (χ0n) is 21.4. The first-order chi connectivity index (χ1) is 16.7. The second-order valence-electron chi connectivity index (χ2n) is 9.43. The van der Waals surface area contributed by atoms with Gasteiger partial charge in [0.1, 0.15) is 11.3 Å². The van der Waals surface area contributed by atoms with Gasteiger partial charge in [-0.15, -0.1) is 0 Å². The van der Waals surface area contributed by atoms with Crippen LogP contribution in [-0.4, -0.2) is 52.5 Å². The molecule has 2 N–H and O–H groups in total. The van der Waals surface area contributed by atoms with Gasteiger partial charge in [0, 0.05) is 33.1 Å². The smallest absolute Gasteiger partial charge is 0.217 e. The highest BCUT2D eigenvalue weighted by Crippen LogP contribution is 2.32. The van der Waals surface area contributed by atoms with Crippen LogP contribution in [0, 0.1) is 12.8 Å². The van der Waals surface area contributed by atoms with Crippen molar-refractivity contribution in [1.82, 2.24) is 19.9 Å². The summed E-state index contributed by atoms with van der Waals surface area (Å²) in [5.41, 5.74) is 8.82. The molecule has 9 nitrogen and oxygen atoms in total.